The summed E-state index contributed by atoms with van der Waals surface area (Å²) >= 11 is 2.07. The molecule has 2 rings (SSSR count). The minimum Gasteiger partial charge on any atom is -0.384 e. The highest BCUT2D eigenvalue weighted by Gasteiger charge is 2.18. The second-order valence-corrected chi connectivity index (χ2v) is 6.61. The second kappa shape index (κ2) is 7.03. The lowest BCUT2D eigenvalue weighted by molar-refractivity contribution is 0.394. The van der Waals surface area contributed by atoms with Gasteiger partial charge in [-0.15, -0.1) is 0 Å². The molecule has 1 aromatic rings. The molecule has 1 aromatic carbocycles. The summed E-state index contributed by atoms with van der Waals surface area (Å²) in [6.45, 7) is 3.27. The number of hydrogen-bond acceptors (Lipinski definition) is 2. The van der Waals surface area contributed by atoms with E-state index >= 15 is 0 Å². The van der Waals surface area contributed by atoms with Crippen molar-refractivity contribution in [1.82, 2.24) is 0 Å². The predicted octanol–water partition coefficient (Wildman–Crippen LogP) is 4.55. The maximum absolute atomic E-state index is 13.0. The first-order chi connectivity index (χ1) is 8.74. The Kier molecular flexibility index (Phi) is 5.36. The van der Waals surface area contributed by atoms with Crippen molar-refractivity contribution in [3.8, 4) is 0 Å². The molecule has 1 aliphatic rings. The maximum atomic E-state index is 13.0. The lowest BCUT2D eigenvalue weighted by Gasteiger charge is -2.26. The van der Waals surface area contributed by atoms with E-state index in [-0.39, 0.29) is 5.82 Å². The van der Waals surface area contributed by atoms with Crippen molar-refractivity contribution in [3.05, 3.63) is 30.1 Å². The van der Waals surface area contributed by atoms with E-state index in [1.807, 2.05) is 6.07 Å². The van der Waals surface area contributed by atoms with Crippen LogP contribution < -0.4 is 5.32 Å². The fraction of sp³-hybridized carbons (Fsp3) is 0.600. The summed E-state index contributed by atoms with van der Waals surface area (Å²) in [6, 6.07) is 6.68. The van der Waals surface area contributed by atoms with Crippen LogP contribution in [0.5, 0.6) is 0 Å². The molecule has 1 nitrogen and oxygen atoms in total. The lowest BCUT2D eigenvalue weighted by Crippen LogP contribution is -2.17. The van der Waals surface area contributed by atoms with Gasteiger partial charge in [0, 0.05) is 23.2 Å². The zero-order chi connectivity index (χ0) is 12.8. The lowest BCUT2D eigenvalue weighted by atomic mass is 9.91. The van der Waals surface area contributed by atoms with Crippen molar-refractivity contribution in [3.63, 3.8) is 0 Å². The van der Waals surface area contributed by atoms with Crippen LogP contribution in [0.2, 0.25) is 0 Å². The van der Waals surface area contributed by atoms with E-state index in [4.69, 9.17) is 0 Å². The van der Waals surface area contributed by atoms with E-state index in [9.17, 15) is 4.39 Å². The zero-order valence-corrected chi connectivity index (χ0v) is 11.8. The largest absolute Gasteiger partial charge is 0.384 e. The predicted molar refractivity (Wildman–Crippen MR) is 78.8 cm³/mol. The molecule has 18 heavy (non-hydrogen) atoms. The van der Waals surface area contributed by atoms with E-state index in [2.05, 4.69) is 24.0 Å². The molecule has 1 fully saturated rings. The molecule has 3 heteroatoms. The molecule has 0 bridgehead atoms. The molecule has 1 saturated carbocycles. The number of thioether (sulfide) groups is 1. The van der Waals surface area contributed by atoms with Gasteiger partial charge < -0.3 is 5.32 Å². The van der Waals surface area contributed by atoms with Gasteiger partial charge in [-0.1, -0.05) is 25.8 Å². The van der Waals surface area contributed by atoms with E-state index in [0.717, 1.165) is 29.2 Å². The van der Waals surface area contributed by atoms with Crippen molar-refractivity contribution in [2.24, 2.45) is 5.92 Å². The standard InChI is InChI=1S/C15H22FNS/c1-12-4-2-7-15(10-12)18-9-8-17-14-6-3-5-13(16)11-14/h3,5-6,11-12,15,17H,2,4,7-10H2,1H3. The Hall–Kier alpha value is -0.700. The third kappa shape index (κ3) is 4.52. The fourth-order valence-electron chi connectivity index (χ4n) is 2.55. The molecule has 1 N–H and O–H groups in total. The van der Waals surface area contributed by atoms with Crippen molar-refractivity contribution in [2.75, 3.05) is 17.6 Å². The van der Waals surface area contributed by atoms with Crippen LogP contribution in [-0.2, 0) is 0 Å². The second-order valence-electron chi connectivity index (χ2n) is 5.20. The van der Waals surface area contributed by atoms with Crippen LogP contribution in [0.15, 0.2) is 24.3 Å². The van der Waals surface area contributed by atoms with Crippen molar-refractivity contribution >= 4 is 17.4 Å². The summed E-state index contributed by atoms with van der Waals surface area (Å²) in [6.07, 6.45) is 5.52. The molecule has 1 aliphatic carbocycles. The number of benzene rings is 1. The normalized spacial score (nSPS) is 23.9. The zero-order valence-electron chi connectivity index (χ0n) is 11.0. The summed E-state index contributed by atoms with van der Waals surface area (Å²) in [5.41, 5.74) is 0.882. The first-order valence-electron chi connectivity index (χ1n) is 6.85. The van der Waals surface area contributed by atoms with Gasteiger partial charge in [0.15, 0.2) is 0 Å². The molecule has 100 valence electrons. The van der Waals surface area contributed by atoms with Crippen LogP contribution >= 0.6 is 11.8 Å². The van der Waals surface area contributed by atoms with Crippen LogP contribution in [0, 0.1) is 11.7 Å². The van der Waals surface area contributed by atoms with Gasteiger partial charge in [-0.05, 0) is 37.0 Å². The molecule has 0 aliphatic heterocycles. The Labute approximate surface area is 114 Å². The highest BCUT2D eigenvalue weighted by molar-refractivity contribution is 7.99. The van der Waals surface area contributed by atoms with E-state index in [0.29, 0.717) is 0 Å². The molecule has 0 amide bonds. The molecule has 0 spiro atoms. The first kappa shape index (κ1) is 13.7. The highest BCUT2D eigenvalue weighted by Crippen LogP contribution is 2.31. The Morgan fingerprint density at radius 1 is 1.39 bits per heavy atom. The monoisotopic (exact) mass is 267 g/mol. The van der Waals surface area contributed by atoms with Crippen LogP contribution in [0.1, 0.15) is 32.6 Å². The summed E-state index contributed by atoms with van der Waals surface area (Å²) in [5, 5.41) is 4.11. The van der Waals surface area contributed by atoms with Gasteiger partial charge >= 0.3 is 0 Å². The number of rotatable bonds is 5. The Morgan fingerprint density at radius 2 is 2.28 bits per heavy atom. The average Bonchev–Trinajstić information content (AvgIpc) is 2.35. The Balaban J connectivity index is 1.64. The minimum atomic E-state index is -0.172. The average molecular weight is 267 g/mol. The fourth-order valence-corrected chi connectivity index (χ4v) is 3.90. The van der Waals surface area contributed by atoms with Crippen LogP contribution in [-0.4, -0.2) is 17.5 Å². The van der Waals surface area contributed by atoms with E-state index < -0.39 is 0 Å². The van der Waals surface area contributed by atoms with Gasteiger partial charge in [-0.2, -0.15) is 11.8 Å². The number of anilines is 1. The van der Waals surface area contributed by atoms with Gasteiger partial charge in [0.1, 0.15) is 5.82 Å². The molecule has 0 aromatic heterocycles. The SMILES string of the molecule is CC1CCCC(SCCNc2cccc(F)c2)C1. The van der Waals surface area contributed by atoms with E-state index in [1.54, 1.807) is 12.1 Å². The topological polar surface area (TPSA) is 12.0 Å². The number of nitrogens with one attached hydrogen (secondary N) is 1. The molecule has 0 radical (unpaired) electrons. The van der Waals surface area contributed by atoms with Crippen LogP contribution in [0.4, 0.5) is 10.1 Å². The first-order valence-corrected chi connectivity index (χ1v) is 7.90. The smallest absolute Gasteiger partial charge is 0.125 e. The highest BCUT2D eigenvalue weighted by atomic mass is 32.2. The molecule has 0 saturated heterocycles. The molecule has 2 atom stereocenters. The Bertz CT molecular complexity index is 369. The van der Waals surface area contributed by atoms with Gasteiger partial charge in [0.25, 0.3) is 0 Å². The molecule has 0 heterocycles. The Morgan fingerprint density at radius 3 is 3.06 bits per heavy atom. The molecular weight excluding hydrogens is 245 g/mol. The van der Waals surface area contributed by atoms with Crippen molar-refractivity contribution in [1.29, 1.82) is 0 Å². The summed E-state index contributed by atoms with van der Waals surface area (Å²) < 4.78 is 13.0. The third-order valence-corrected chi connectivity index (χ3v) is 4.84. The minimum absolute atomic E-state index is 0.172. The molecular formula is C15H22FNS. The van der Waals surface area contributed by atoms with Gasteiger partial charge in [-0.3, -0.25) is 0 Å². The van der Waals surface area contributed by atoms with Crippen LogP contribution in [0.25, 0.3) is 0 Å². The summed E-state index contributed by atoms with van der Waals surface area (Å²) in [4.78, 5) is 0. The van der Waals surface area contributed by atoms with E-state index in [1.165, 1.54) is 31.7 Å². The quantitative estimate of drug-likeness (QED) is 0.785. The maximum Gasteiger partial charge on any atom is 0.125 e. The number of hydrogen-bond donors (Lipinski definition) is 1. The van der Waals surface area contributed by atoms with Gasteiger partial charge in [0.2, 0.25) is 0 Å². The molecule has 2 unspecified atom stereocenters. The summed E-state index contributed by atoms with van der Waals surface area (Å²) in [7, 11) is 0. The van der Waals surface area contributed by atoms with Crippen LogP contribution in [0.3, 0.4) is 0 Å². The number of halogens is 1. The van der Waals surface area contributed by atoms with Gasteiger partial charge in [-0.25, -0.2) is 4.39 Å². The summed E-state index contributed by atoms with van der Waals surface area (Å²) in [5.74, 6) is 1.83. The van der Waals surface area contributed by atoms with Crippen molar-refractivity contribution < 1.29 is 4.39 Å². The third-order valence-electron chi connectivity index (χ3n) is 3.50. The van der Waals surface area contributed by atoms with Crippen molar-refractivity contribution in [2.45, 2.75) is 37.9 Å². The van der Waals surface area contributed by atoms with Gasteiger partial charge in [0.05, 0.1) is 0 Å².